The van der Waals surface area contributed by atoms with E-state index in [-0.39, 0.29) is 23.3 Å². The van der Waals surface area contributed by atoms with Crippen LogP contribution < -0.4 is 26.0 Å². The van der Waals surface area contributed by atoms with E-state index in [1.165, 1.54) is 23.8 Å². The van der Waals surface area contributed by atoms with Crippen molar-refractivity contribution in [2.24, 2.45) is 4.99 Å². The molecule has 218 valence electrons. The molecule has 0 spiro atoms. The lowest BCUT2D eigenvalue weighted by Crippen LogP contribution is -2.52. The summed E-state index contributed by atoms with van der Waals surface area (Å²) < 4.78 is 49.2. The Morgan fingerprint density at radius 1 is 1.02 bits per heavy atom. The van der Waals surface area contributed by atoms with Crippen LogP contribution in [0.1, 0.15) is 50.8 Å². The van der Waals surface area contributed by atoms with E-state index in [1.807, 2.05) is 6.07 Å². The Morgan fingerprint density at radius 2 is 1.66 bits per heavy atom. The van der Waals surface area contributed by atoms with Crippen molar-refractivity contribution in [1.82, 2.24) is 14.5 Å². The molecule has 0 saturated heterocycles. The third-order valence-corrected chi connectivity index (χ3v) is 7.32. The number of rotatable bonds is 5. The SMILES string of the molecule is COc1cc2c(cc1OC)-c1c/c(=N\c3c(F)cc(C)cc3F)n(C3CC(NC(=O)OC(C)(C)C)C3)c(=O)n1CC2. The van der Waals surface area contributed by atoms with Crippen molar-refractivity contribution in [2.75, 3.05) is 14.2 Å². The number of fused-ring (bicyclic) bond motifs is 3. The molecule has 11 heteroatoms. The standard InChI is InChI=1S/C30H34F2N4O5/c1-16-9-21(31)27(22(32)10-16)34-26-15-23-20-14-25(40-6)24(39-5)11-17(20)7-8-35(23)29(38)36(26)19-12-18(13-19)33-28(37)41-30(2,3)4/h9-11,14-15,18-19H,7-8,12-13H2,1-6H3,(H,33,37)/b34-26+. The van der Waals surface area contributed by atoms with E-state index in [9.17, 15) is 18.4 Å². The second kappa shape index (κ2) is 10.7. The molecule has 0 radical (unpaired) electrons. The molecule has 1 fully saturated rings. The Labute approximate surface area is 236 Å². The third kappa shape index (κ3) is 5.57. The van der Waals surface area contributed by atoms with E-state index in [0.717, 1.165) is 11.1 Å². The number of benzene rings is 2. The Balaban J connectivity index is 1.62. The summed E-state index contributed by atoms with van der Waals surface area (Å²) in [5.74, 6) is -0.582. The largest absolute Gasteiger partial charge is 0.493 e. The molecule has 41 heavy (non-hydrogen) atoms. The number of carbonyl (C=O) groups is 1. The summed E-state index contributed by atoms with van der Waals surface area (Å²) in [5.41, 5.74) is 1.32. The molecule has 0 atom stereocenters. The third-order valence-electron chi connectivity index (χ3n) is 7.32. The number of halogens is 2. The Hall–Kier alpha value is -4.15. The summed E-state index contributed by atoms with van der Waals surface area (Å²) in [4.78, 5) is 30.6. The molecular weight excluding hydrogens is 534 g/mol. The lowest BCUT2D eigenvalue weighted by molar-refractivity contribution is 0.0453. The molecule has 1 aliphatic carbocycles. The molecule has 5 rings (SSSR count). The number of methoxy groups -OCH3 is 2. The lowest BCUT2D eigenvalue weighted by Gasteiger charge is -2.38. The maximum Gasteiger partial charge on any atom is 0.407 e. The highest BCUT2D eigenvalue weighted by molar-refractivity contribution is 5.70. The number of alkyl carbamates (subject to hydrolysis) is 1. The minimum Gasteiger partial charge on any atom is -0.493 e. The van der Waals surface area contributed by atoms with Crippen molar-refractivity contribution in [1.29, 1.82) is 0 Å². The average Bonchev–Trinajstić information content (AvgIpc) is 2.86. The van der Waals surface area contributed by atoms with Crippen LogP contribution >= 0.6 is 0 Å². The van der Waals surface area contributed by atoms with E-state index < -0.39 is 29.0 Å². The summed E-state index contributed by atoms with van der Waals surface area (Å²) in [6, 6.07) is 7.19. The number of nitrogens with one attached hydrogen (secondary N) is 1. The number of aryl methyl sites for hydroxylation is 2. The van der Waals surface area contributed by atoms with Crippen LogP contribution in [0, 0.1) is 18.6 Å². The highest BCUT2D eigenvalue weighted by atomic mass is 19.1. The van der Waals surface area contributed by atoms with Crippen LogP contribution in [0.5, 0.6) is 11.5 Å². The second-order valence-electron chi connectivity index (χ2n) is 11.5. The predicted octanol–water partition coefficient (Wildman–Crippen LogP) is 4.94. The molecule has 2 aromatic carbocycles. The van der Waals surface area contributed by atoms with E-state index in [4.69, 9.17) is 14.2 Å². The monoisotopic (exact) mass is 568 g/mol. The summed E-state index contributed by atoms with van der Waals surface area (Å²) >= 11 is 0. The van der Waals surface area contributed by atoms with Gasteiger partial charge in [0.25, 0.3) is 0 Å². The molecule has 3 aromatic rings. The van der Waals surface area contributed by atoms with Gasteiger partial charge in [-0.25, -0.2) is 23.4 Å². The van der Waals surface area contributed by atoms with Crippen LogP contribution in [0.4, 0.5) is 19.3 Å². The summed E-state index contributed by atoms with van der Waals surface area (Å²) in [7, 11) is 3.08. The fraction of sp³-hybridized carbons (Fsp3) is 0.433. The first-order chi connectivity index (χ1) is 19.4. The number of hydrogen-bond acceptors (Lipinski definition) is 6. The second-order valence-corrected chi connectivity index (χ2v) is 11.5. The molecule has 1 aliphatic heterocycles. The quantitative estimate of drug-likeness (QED) is 0.471. The highest BCUT2D eigenvalue weighted by Crippen LogP contribution is 2.38. The van der Waals surface area contributed by atoms with Crippen molar-refractivity contribution < 1.29 is 27.8 Å². The summed E-state index contributed by atoms with van der Waals surface area (Å²) in [5, 5.41) is 2.82. The van der Waals surface area contributed by atoms with Gasteiger partial charge in [-0.3, -0.25) is 9.13 Å². The van der Waals surface area contributed by atoms with Gasteiger partial charge in [-0.2, -0.15) is 0 Å². The maximum absolute atomic E-state index is 14.9. The zero-order valence-electron chi connectivity index (χ0n) is 24.0. The molecule has 2 heterocycles. The molecule has 2 aliphatic rings. The van der Waals surface area contributed by atoms with E-state index in [1.54, 1.807) is 51.5 Å². The number of hydrogen-bond donors (Lipinski definition) is 1. The predicted molar refractivity (Wildman–Crippen MR) is 149 cm³/mol. The van der Waals surface area contributed by atoms with Gasteiger partial charge >= 0.3 is 11.8 Å². The Kier molecular flexibility index (Phi) is 7.39. The van der Waals surface area contributed by atoms with Crippen LogP contribution in [0.25, 0.3) is 11.3 Å². The van der Waals surface area contributed by atoms with Gasteiger partial charge in [0, 0.05) is 30.3 Å². The number of aromatic nitrogens is 2. The van der Waals surface area contributed by atoms with Gasteiger partial charge < -0.3 is 19.5 Å². The van der Waals surface area contributed by atoms with Crippen LogP contribution in [-0.4, -0.2) is 41.1 Å². The van der Waals surface area contributed by atoms with Crippen LogP contribution in [0.15, 0.2) is 40.1 Å². The summed E-state index contributed by atoms with van der Waals surface area (Å²) in [6.45, 7) is 7.33. The average molecular weight is 569 g/mol. The fourth-order valence-electron chi connectivity index (χ4n) is 5.37. The van der Waals surface area contributed by atoms with Crippen molar-refractivity contribution in [3.8, 4) is 22.8 Å². The van der Waals surface area contributed by atoms with E-state index in [0.29, 0.717) is 48.6 Å². The number of nitrogens with zero attached hydrogens (tertiary/aromatic N) is 3. The summed E-state index contributed by atoms with van der Waals surface area (Å²) in [6.07, 6.45) is 0.902. The van der Waals surface area contributed by atoms with Gasteiger partial charge in [0.05, 0.1) is 19.9 Å². The normalized spacial score (nSPS) is 18.2. The van der Waals surface area contributed by atoms with Crippen LogP contribution in [0.3, 0.4) is 0 Å². The smallest absolute Gasteiger partial charge is 0.407 e. The number of amides is 1. The Bertz CT molecular complexity index is 1630. The molecule has 0 unspecified atom stereocenters. The van der Waals surface area contributed by atoms with Crippen LogP contribution in [0.2, 0.25) is 0 Å². The van der Waals surface area contributed by atoms with Gasteiger partial charge in [0.15, 0.2) is 23.1 Å². The molecule has 9 nitrogen and oxygen atoms in total. The molecule has 1 saturated carbocycles. The lowest BCUT2D eigenvalue weighted by atomic mass is 9.86. The van der Waals surface area contributed by atoms with Gasteiger partial charge in [-0.15, -0.1) is 0 Å². The zero-order valence-corrected chi connectivity index (χ0v) is 24.0. The van der Waals surface area contributed by atoms with Crippen molar-refractivity contribution in [3.63, 3.8) is 0 Å². The number of carbonyl (C=O) groups excluding carboxylic acids is 1. The molecule has 1 N–H and O–H groups in total. The van der Waals surface area contributed by atoms with Gasteiger partial charge in [-0.1, -0.05) is 0 Å². The zero-order chi connectivity index (χ0) is 29.6. The van der Waals surface area contributed by atoms with E-state index in [2.05, 4.69) is 10.3 Å². The molecule has 1 aromatic heterocycles. The van der Waals surface area contributed by atoms with Gasteiger partial charge in [0.1, 0.15) is 16.8 Å². The fourth-order valence-corrected chi connectivity index (χ4v) is 5.37. The molecule has 0 bridgehead atoms. The minimum absolute atomic E-state index is 0.117. The van der Waals surface area contributed by atoms with Gasteiger partial charge in [-0.05, 0) is 82.3 Å². The van der Waals surface area contributed by atoms with Crippen molar-refractivity contribution >= 4 is 11.8 Å². The molecular formula is C30H34F2N4O5. The topological polar surface area (TPSA) is 96.1 Å². The van der Waals surface area contributed by atoms with Crippen molar-refractivity contribution in [2.45, 2.75) is 71.2 Å². The minimum atomic E-state index is -0.822. The highest BCUT2D eigenvalue weighted by Gasteiger charge is 2.35. The Morgan fingerprint density at radius 3 is 2.27 bits per heavy atom. The van der Waals surface area contributed by atoms with Crippen molar-refractivity contribution in [3.05, 3.63) is 69.1 Å². The number of ether oxygens (including phenoxy) is 3. The maximum atomic E-state index is 14.9. The molecule has 1 amide bonds. The first-order valence-electron chi connectivity index (χ1n) is 13.5. The first kappa shape index (κ1) is 28.4. The van der Waals surface area contributed by atoms with Gasteiger partial charge in [0.2, 0.25) is 0 Å². The van der Waals surface area contributed by atoms with E-state index >= 15 is 0 Å². The first-order valence-corrected chi connectivity index (χ1v) is 13.5. The van der Waals surface area contributed by atoms with Crippen LogP contribution in [-0.2, 0) is 17.7 Å².